The van der Waals surface area contributed by atoms with E-state index in [9.17, 15) is 43.2 Å². The van der Waals surface area contributed by atoms with Crippen molar-refractivity contribution in [1.82, 2.24) is 42.1 Å². The highest BCUT2D eigenvalue weighted by Gasteiger charge is 2.51. The maximum Gasteiger partial charge on any atom is 0.338 e. The number of esters is 2. The molecule has 10 amide bonds. The highest BCUT2D eigenvalue weighted by Crippen LogP contribution is 2.33. The van der Waals surface area contributed by atoms with Crippen molar-refractivity contribution in [1.29, 1.82) is 0 Å². The number of nitrogens with one attached hydrogen (secondary N) is 7. The molecule has 4 heterocycles. The molecule has 4 aliphatic heterocycles. The molecule has 86 heavy (non-hydrogen) atoms. The Kier molecular flexibility index (Phi) is 24.6. The molecule has 10 rings (SSSR count). The number of alkyl halides is 1. The summed E-state index contributed by atoms with van der Waals surface area (Å²) in [6, 6.07) is 40.8. The van der Waals surface area contributed by atoms with Crippen molar-refractivity contribution < 1.29 is 66.8 Å². The predicted molar refractivity (Wildman–Crippen MR) is 324 cm³/mol. The van der Waals surface area contributed by atoms with Crippen molar-refractivity contribution in [3.63, 3.8) is 0 Å². The Bertz CT molecular complexity index is 3410. The van der Waals surface area contributed by atoms with Crippen LogP contribution in [-0.2, 0) is 58.9 Å². The molecule has 0 aliphatic carbocycles. The fourth-order valence-corrected chi connectivity index (χ4v) is 9.96. The minimum atomic E-state index is -1.31. The van der Waals surface area contributed by atoms with E-state index in [1.165, 1.54) is 21.3 Å². The molecule has 6 aromatic rings. The number of rotatable bonds is 16. The number of imide groups is 3. The Hall–Kier alpha value is -9.65. The Labute approximate surface area is 507 Å². The van der Waals surface area contributed by atoms with Crippen molar-refractivity contribution in [2.45, 2.75) is 57.3 Å². The molecule has 0 bridgehead atoms. The number of carbonyl (C=O) groups excluding carboxylic acids is 9. The third-order valence-electron chi connectivity index (χ3n) is 13.8. The predicted octanol–water partition coefficient (Wildman–Crippen LogP) is 6.66. The largest absolute Gasteiger partial charge is 0.497 e. The standard InChI is InChI=1S/C20H21N3O5.C19H17N3O4.C10H11BrO3.C10H11N3O2.3CH4/c1-27-15-8-9-16(17(24)28-2)13(10-15)11-21-12-20(14-6-4-3-5-7-14)18(25)22-19(26)23-20;1-26-14-7-8-15-12(9-14)10-22(16(15)23)11-19(13-5-3-2-4-6-13)17(24)20-18(25)21-19;1-13-8-3-4-9(10(12)14-2)7(5-8)6-11;11-6-10(7-4-2-1-3-5-7)8(14)12-9(15)13-10;;;/h3-10,21H,11-12H2,1-2H3,(H2,22,23,25,26);2-9H,10-11H2,1H3,(H2,20,21,24,25);3-5H,6H2,1-2H3;1-5H,6,11H2,(H2,12,13,14,15);3*1H4. The normalized spacial score (nSPS) is 18.4. The molecule has 4 aliphatic rings. The number of methoxy groups -OCH3 is 5. The molecule has 3 unspecified atom stereocenters. The molecule has 24 heteroatoms. The smallest absolute Gasteiger partial charge is 0.338 e. The Morgan fingerprint density at radius 2 is 0.930 bits per heavy atom. The van der Waals surface area contributed by atoms with E-state index in [0.717, 1.165) is 16.9 Å². The number of nitrogens with two attached hydrogens (primary N) is 1. The SMILES string of the molecule is C.C.C.COC(=O)c1ccc(OC)cc1CBr.COC(=O)c1ccc(OC)cc1CNCC1(c2ccccc2)NC(=O)NC1=O.COc1ccc2c(c1)CN(CC1(c3ccccc3)NC(=O)NC1=O)C2=O.NCC1(c2ccccc2)NC(=O)NC1=O. The van der Waals surface area contributed by atoms with E-state index in [-0.39, 0.29) is 60.3 Å². The number of amides is 10. The van der Waals surface area contributed by atoms with Gasteiger partial charge in [0.15, 0.2) is 16.6 Å². The molecule has 3 fully saturated rings. The van der Waals surface area contributed by atoms with Crippen molar-refractivity contribution in [2.75, 3.05) is 55.2 Å². The highest BCUT2D eigenvalue weighted by molar-refractivity contribution is 9.08. The number of carbonyl (C=O) groups is 9. The molecule has 6 aromatic carbocycles. The average molecular weight is 1250 g/mol. The number of fused-ring (bicyclic) bond motifs is 1. The number of ether oxygens (including phenoxy) is 5. The Morgan fingerprint density at radius 3 is 1.35 bits per heavy atom. The summed E-state index contributed by atoms with van der Waals surface area (Å²) in [4.78, 5) is 109. The number of benzene rings is 6. The van der Waals surface area contributed by atoms with Crippen LogP contribution < -0.4 is 57.2 Å². The van der Waals surface area contributed by atoms with E-state index in [4.69, 9.17) is 24.7 Å². The monoisotopic (exact) mass is 1250 g/mol. The lowest BCUT2D eigenvalue weighted by atomic mass is 9.89. The summed E-state index contributed by atoms with van der Waals surface area (Å²) in [5.74, 6) is -0.284. The summed E-state index contributed by atoms with van der Waals surface area (Å²) in [6.07, 6.45) is 0. The van der Waals surface area contributed by atoms with Crippen molar-refractivity contribution >= 4 is 69.6 Å². The first-order valence-corrected chi connectivity index (χ1v) is 26.6. The molecule has 3 saturated heterocycles. The summed E-state index contributed by atoms with van der Waals surface area (Å²) >= 11 is 3.31. The first kappa shape index (κ1) is 68.8. The molecule has 0 radical (unpaired) electrons. The van der Waals surface area contributed by atoms with Crippen molar-refractivity contribution in [2.24, 2.45) is 5.73 Å². The van der Waals surface area contributed by atoms with Crippen LogP contribution in [0.3, 0.4) is 0 Å². The van der Waals surface area contributed by atoms with Gasteiger partial charge < -0.3 is 55.6 Å². The zero-order valence-electron chi connectivity index (χ0n) is 45.7. The van der Waals surface area contributed by atoms with Crippen LogP contribution >= 0.6 is 15.9 Å². The maximum atomic E-state index is 12.8. The quantitative estimate of drug-likeness (QED) is 0.0285. The number of nitrogens with zero attached hydrogens (tertiary/aromatic N) is 1. The summed E-state index contributed by atoms with van der Waals surface area (Å²) in [5.41, 5.74) is 7.78. The van der Waals surface area contributed by atoms with Gasteiger partial charge in [-0.15, -0.1) is 0 Å². The van der Waals surface area contributed by atoms with Gasteiger partial charge >= 0.3 is 30.0 Å². The molecular formula is C62H72BrN9O14. The van der Waals surface area contributed by atoms with Crippen LogP contribution in [0.15, 0.2) is 146 Å². The number of hydrogen-bond acceptors (Lipinski definition) is 16. The lowest BCUT2D eigenvalue weighted by Gasteiger charge is -2.31. The molecule has 456 valence electrons. The third-order valence-corrected chi connectivity index (χ3v) is 14.4. The molecule has 9 N–H and O–H groups in total. The van der Waals surface area contributed by atoms with Gasteiger partial charge in [-0.3, -0.25) is 35.1 Å². The lowest BCUT2D eigenvalue weighted by molar-refractivity contribution is -0.125. The molecule has 23 nitrogen and oxygen atoms in total. The van der Waals surface area contributed by atoms with Crippen LogP contribution in [0.2, 0.25) is 0 Å². The van der Waals surface area contributed by atoms with Gasteiger partial charge in [-0.2, -0.15) is 0 Å². The second-order valence-corrected chi connectivity index (χ2v) is 19.3. The summed E-state index contributed by atoms with van der Waals surface area (Å²) < 4.78 is 25.0. The lowest BCUT2D eigenvalue weighted by Crippen LogP contribution is -2.52. The maximum absolute atomic E-state index is 12.8. The summed E-state index contributed by atoms with van der Waals surface area (Å²) in [6.45, 7) is 0.827. The molecule has 0 spiro atoms. The zero-order chi connectivity index (χ0) is 59.9. The molecule has 3 atom stereocenters. The molecule has 0 saturated carbocycles. The van der Waals surface area contributed by atoms with E-state index in [2.05, 4.69) is 57.9 Å². The second kappa shape index (κ2) is 30.8. The highest BCUT2D eigenvalue weighted by atomic mass is 79.9. The van der Waals surface area contributed by atoms with Crippen LogP contribution in [0.5, 0.6) is 17.2 Å². The zero-order valence-corrected chi connectivity index (χ0v) is 47.3. The van der Waals surface area contributed by atoms with Crippen LogP contribution in [0.25, 0.3) is 0 Å². The fraction of sp³-hybridized carbons (Fsp3) is 0.274. The first-order valence-electron chi connectivity index (χ1n) is 25.5. The molecule has 0 aromatic heterocycles. The van der Waals surface area contributed by atoms with Gasteiger partial charge in [0.05, 0.1) is 53.2 Å². The van der Waals surface area contributed by atoms with Crippen molar-refractivity contribution in [3.05, 3.63) is 196 Å². The molecular weight excluding hydrogens is 1170 g/mol. The fourth-order valence-electron chi connectivity index (χ4n) is 9.50. The van der Waals surface area contributed by atoms with Crippen LogP contribution in [0, 0.1) is 0 Å². The minimum Gasteiger partial charge on any atom is -0.497 e. The van der Waals surface area contributed by atoms with Gasteiger partial charge in [-0.05, 0) is 88.0 Å². The summed E-state index contributed by atoms with van der Waals surface area (Å²) in [5, 5.41) is 18.5. The van der Waals surface area contributed by atoms with E-state index in [1.54, 1.807) is 140 Å². The minimum absolute atomic E-state index is 0. The summed E-state index contributed by atoms with van der Waals surface area (Å²) in [7, 11) is 7.37. The van der Waals surface area contributed by atoms with Crippen LogP contribution in [0.4, 0.5) is 14.4 Å². The van der Waals surface area contributed by atoms with E-state index in [1.807, 2.05) is 24.3 Å². The van der Waals surface area contributed by atoms with Gasteiger partial charge in [-0.25, -0.2) is 24.0 Å². The van der Waals surface area contributed by atoms with E-state index < -0.39 is 58.4 Å². The van der Waals surface area contributed by atoms with Gasteiger partial charge in [-0.1, -0.05) is 129 Å². The topological polar surface area (TPSA) is 313 Å². The third kappa shape index (κ3) is 15.0. The number of halogens is 1. The average Bonchev–Trinajstić information content (AvgIpc) is 1.92. The van der Waals surface area contributed by atoms with Gasteiger partial charge in [0, 0.05) is 37.1 Å². The second-order valence-electron chi connectivity index (χ2n) is 18.7. The Morgan fingerprint density at radius 1 is 0.535 bits per heavy atom. The number of hydrogen-bond donors (Lipinski definition) is 8. The van der Waals surface area contributed by atoms with Crippen LogP contribution in [0.1, 0.15) is 86.7 Å². The van der Waals surface area contributed by atoms with Gasteiger partial charge in [0.1, 0.15) is 17.2 Å². The van der Waals surface area contributed by atoms with Crippen molar-refractivity contribution in [3.8, 4) is 17.2 Å². The van der Waals surface area contributed by atoms with Gasteiger partial charge in [0.25, 0.3) is 23.6 Å². The first-order chi connectivity index (χ1) is 39.9. The van der Waals surface area contributed by atoms with Gasteiger partial charge in [0.2, 0.25) is 0 Å². The van der Waals surface area contributed by atoms with E-state index in [0.29, 0.717) is 62.3 Å². The number of urea groups is 3. The van der Waals surface area contributed by atoms with E-state index >= 15 is 0 Å². The van der Waals surface area contributed by atoms with Crippen LogP contribution in [-0.4, -0.2) is 114 Å². The Balaban J connectivity index is 0.000000253.